The van der Waals surface area contributed by atoms with Crippen LogP contribution in [0.2, 0.25) is 0 Å². The predicted octanol–water partition coefficient (Wildman–Crippen LogP) is 8.90. The van der Waals surface area contributed by atoms with E-state index in [1.807, 2.05) is 54.6 Å². The molecule has 0 bridgehead atoms. The van der Waals surface area contributed by atoms with Crippen molar-refractivity contribution < 1.29 is 42.6 Å². The first-order valence-electron chi connectivity index (χ1n) is 20.1. The Labute approximate surface area is 358 Å². The van der Waals surface area contributed by atoms with Crippen LogP contribution in [0.4, 0.5) is 20.2 Å². The van der Waals surface area contributed by atoms with Gasteiger partial charge in [-0.15, -0.1) is 0 Å². The Kier molecular flexibility index (Phi) is 11.8. The maximum absolute atomic E-state index is 14.6. The van der Waals surface area contributed by atoms with Gasteiger partial charge in [-0.2, -0.15) is 0 Å². The molecular weight excluding hydrogens is 811 g/mol. The largest absolute Gasteiger partial charge is 0.505 e. The maximum Gasteiger partial charge on any atom is 0.336 e. The molecule has 0 aromatic heterocycles. The molecule has 0 spiro atoms. The van der Waals surface area contributed by atoms with E-state index in [1.165, 1.54) is 12.1 Å². The Hall–Kier alpha value is -8.13. The molecule has 14 heteroatoms. The smallest absolute Gasteiger partial charge is 0.336 e. The molecule has 0 fully saturated rings. The molecule has 0 atom stereocenters. The normalized spacial score (nSPS) is 12.8. The van der Waals surface area contributed by atoms with E-state index in [0.717, 1.165) is 60.0 Å². The molecule has 0 saturated carbocycles. The Morgan fingerprint density at radius 2 is 1.32 bits per heavy atom. The summed E-state index contributed by atoms with van der Waals surface area (Å²) in [5.41, 5.74) is 3.36. The Balaban J connectivity index is 0.838. The fourth-order valence-corrected chi connectivity index (χ4v) is 7.58. The van der Waals surface area contributed by atoms with Crippen LogP contribution in [0.25, 0.3) is 44.7 Å². The number of hydrogen-bond donors (Lipinski definition) is 6. The highest BCUT2D eigenvalue weighted by atomic mass is 19.1. The summed E-state index contributed by atoms with van der Waals surface area (Å²) in [6.45, 7) is 0.734. The number of phenolic OH excluding ortho intramolecular Hbond substituents is 1. The van der Waals surface area contributed by atoms with E-state index in [0.29, 0.717) is 48.5 Å². The van der Waals surface area contributed by atoms with Gasteiger partial charge in [0.25, 0.3) is 17.7 Å². The van der Waals surface area contributed by atoms with Crippen LogP contribution in [-0.2, 0) is 4.79 Å². The molecule has 0 saturated heterocycles. The SMILES string of the molecule is O=C1Nc2ccccc2/C1=C(/Nc1ccc(C(=O)NCCCCCCNC(=O)c2ccc(-c3c4cc(F)c(=O)cc-4oc4cc(O)c(F)cc34)c(C(=O)O)c2)cc1)c1ccccc1. The number of aromatic hydroxyl groups is 1. The summed E-state index contributed by atoms with van der Waals surface area (Å²) in [6, 6.07) is 31.6. The van der Waals surface area contributed by atoms with Gasteiger partial charge in [-0.05, 0) is 78.6 Å². The second-order valence-corrected chi connectivity index (χ2v) is 14.9. The second-order valence-electron chi connectivity index (χ2n) is 14.9. The van der Waals surface area contributed by atoms with Crippen molar-refractivity contribution in [2.75, 3.05) is 23.7 Å². The lowest BCUT2D eigenvalue weighted by Crippen LogP contribution is -2.25. The summed E-state index contributed by atoms with van der Waals surface area (Å²) in [4.78, 5) is 63.8. The number of phenols is 1. The van der Waals surface area contributed by atoms with Gasteiger partial charge in [0, 0.05) is 69.8 Å². The summed E-state index contributed by atoms with van der Waals surface area (Å²) in [5.74, 6) is -5.43. The van der Waals surface area contributed by atoms with E-state index in [1.54, 1.807) is 24.3 Å². The first-order chi connectivity index (χ1) is 30.5. The van der Waals surface area contributed by atoms with Crippen molar-refractivity contribution in [1.82, 2.24) is 10.6 Å². The molecule has 6 N–H and O–H groups in total. The number of anilines is 2. The van der Waals surface area contributed by atoms with Crippen molar-refractivity contribution in [2.24, 2.45) is 0 Å². The number of carboxylic acids is 1. The van der Waals surface area contributed by atoms with Crippen molar-refractivity contribution in [3.63, 3.8) is 0 Å². The van der Waals surface area contributed by atoms with E-state index in [2.05, 4.69) is 21.3 Å². The predicted molar refractivity (Wildman–Crippen MR) is 235 cm³/mol. The average Bonchev–Trinajstić information content (AvgIpc) is 3.62. The molecule has 2 aliphatic heterocycles. The lowest BCUT2D eigenvalue weighted by atomic mass is 9.89. The minimum atomic E-state index is -1.42. The number of nitrogens with one attached hydrogen (secondary N) is 4. The first kappa shape index (κ1) is 41.6. The topological polar surface area (TPSA) is 187 Å². The fraction of sp³-hybridized carbons (Fsp3) is 0.122. The van der Waals surface area contributed by atoms with Gasteiger partial charge in [-0.1, -0.05) is 67.4 Å². The Bertz CT molecular complexity index is 3000. The number of para-hydroxylation sites is 1. The zero-order chi connectivity index (χ0) is 44.2. The van der Waals surface area contributed by atoms with Crippen LogP contribution in [0, 0.1) is 11.6 Å². The molecule has 0 unspecified atom stereocenters. The van der Waals surface area contributed by atoms with Gasteiger partial charge in [-0.25, -0.2) is 13.6 Å². The van der Waals surface area contributed by atoms with Crippen molar-refractivity contribution in [2.45, 2.75) is 25.7 Å². The number of carbonyl (C=O) groups is 4. The Morgan fingerprint density at radius 1 is 0.651 bits per heavy atom. The second kappa shape index (κ2) is 17.8. The molecule has 1 aliphatic carbocycles. The van der Waals surface area contributed by atoms with Crippen LogP contribution in [0.5, 0.6) is 5.75 Å². The zero-order valence-electron chi connectivity index (χ0n) is 33.4. The minimum absolute atomic E-state index is 0.00222. The third-order valence-electron chi connectivity index (χ3n) is 10.7. The minimum Gasteiger partial charge on any atom is -0.505 e. The molecule has 3 amide bonds. The van der Waals surface area contributed by atoms with Crippen LogP contribution in [0.15, 0.2) is 131 Å². The molecule has 316 valence electrons. The summed E-state index contributed by atoms with van der Waals surface area (Å²) in [7, 11) is 0. The van der Waals surface area contributed by atoms with Gasteiger partial charge in [0.05, 0.1) is 16.8 Å². The quantitative estimate of drug-likeness (QED) is 0.0353. The highest BCUT2D eigenvalue weighted by molar-refractivity contribution is 6.37. The molecule has 12 nitrogen and oxygen atoms in total. The summed E-state index contributed by atoms with van der Waals surface area (Å²) >= 11 is 0. The van der Waals surface area contributed by atoms with Crippen molar-refractivity contribution in [3.05, 3.63) is 171 Å². The van der Waals surface area contributed by atoms with Crippen LogP contribution >= 0.6 is 0 Å². The number of unbranched alkanes of at least 4 members (excludes halogenated alkanes) is 3. The number of hydrogen-bond acceptors (Lipinski definition) is 8. The van der Waals surface area contributed by atoms with Crippen LogP contribution in [0.1, 0.15) is 67.9 Å². The monoisotopic (exact) mass is 848 g/mol. The van der Waals surface area contributed by atoms with Gasteiger partial charge in [-0.3, -0.25) is 19.2 Å². The molecule has 3 aliphatic rings. The van der Waals surface area contributed by atoms with Gasteiger partial charge in [0.1, 0.15) is 11.3 Å². The molecule has 0 radical (unpaired) electrons. The van der Waals surface area contributed by atoms with E-state index in [-0.39, 0.29) is 56.4 Å². The Morgan fingerprint density at radius 3 is 2.03 bits per heavy atom. The first-order valence-corrected chi connectivity index (χ1v) is 20.1. The van der Waals surface area contributed by atoms with Gasteiger partial charge >= 0.3 is 5.97 Å². The lowest BCUT2D eigenvalue weighted by molar-refractivity contribution is -0.110. The number of benzene rings is 6. The number of carbonyl (C=O) groups excluding carboxylic acids is 3. The average molecular weight is 849 g/mol. The van der Waals surface area contributed by atoms with Gasteiger partial charge < -0.3 is 35.9 Å². The van der Waals surface area contributed by atoms with Gasteiger partial charge in [0.2, 0.25) is 5.43 Å². The molecule has 5 aromatic carbocycles. The standard InChI is InChI=1S/C49H38F2N4O8/c50-36-23-34-41(25-39(36)56)63-42-26-40(57)37(51)24-35(42)43(34)31-19-16-29(22-33(31)49(61)62)47(59)53-21-9-2-1-8-20-52-46(58)28-14-17-30(18-15-28)54-45(27-10-4-3-5-11-27)44-32-12-6-7-13-38(32)55-48(44)60/h3-7,10-19,22-26,54,56H,1-2,8-9,20-21H2,(H,52,58)(H,53,59)(H,55,60)(H,61,62)/b45-44-. The molecule has 8 rings (SSSR count). The number of halogens is 2. The lowest BCUT2D eigenvalue weighted by Gasteiger charge is -2.17. The third-order valence-corrected chi connectivity index (χ3v) is 10.7. The van der Waals surface area contributed by atoms with Crippen molar-refractivity contribution >= 4 is 57.3 Å². The highest BCUT2D eigenvalue weighted by Gasteiger charge is 2.29. The number of aromatic carboxylic acids is 1. The third kappa shape index (κ3) is 8.73. The summed E-state index contributed by atoms with van der Waals surface area (Å²) < 4.78 is 34.8. The number of amides is 3. The van der Waals surface area contributed by atoms with Crippen molar-refractivity contribution in [1.29, 1.82) is 0 Å². The summed E-state index contributed by atoms with van der Waals surface area (Å²) in [5, 5.41) is 32.2. The van der Waals surface area contributed by atoms with Crippen LogP contribution in [-0.4, -0.2) is 47.0 Å². The molecule has 2 heterocycles. The van der Waals surface area contributed by atoms with Gasteiger partial charge in [0.15, 0.2) is 17.4 Å². The van der Waals surface area contributed by atoms with Crippen LogP contribution < -0.4 is 26.7 Å². The maximum atomic E-state index is 14.6. The van der Waals surface area contributed by atoms with E-state index >= 15 is 0 Å². The van der Waals surface area contributed by atoms with E-state index in [9.17, 15) is 43.0 Å². The molecule has 63 heavy (non-hydrogen) atoms. The number of fused-ring (bicyclic) bond motifs is 3. The zero-order valence-corrected chi connectivity index (χ0v) is 33.4. The van der Waals surface area contributed by atoms with Crippen molar-refractivity contribution in [3.8, 4) is 28.2 Å². The molecular formula is C49H38F2N4O8. The fourth-order valence-electron chi connectivity index (χ4n) is 7.58. The molecule has 5 aromatic rings. The number of rotatable bonds is 14. The van der Waals surface area contributed by atoms with E-state index in [4.69, 9.17) is 4.42 Å². The summed E-state index contributed by atoms with van der Waals surface area (Å²) in [6.07, 6.45) is 2.82. The van der Waals surface area contributed by atoms with Crippen LogP contribution in [0.3, 0.4) is 0 Å². The number of carboxylic acid groups (broad SMARTS) is 1. The van der Waals surface area contributed by atoms with E-state index < -0.39 is 34.7 Å². The highest BCUT2D eigenvalue weighted by Crippen LogP contribution is 2.43.